The van der Waals surface area contributed by atoms with Gasteiger partial charge in [0.05, 0.1) is 12.3 Å². The third-order valence-corrected chi connectivity index (χ3v) is 3.94. The lowest BCUT2D eigenvalue weighted by molar-refractivity contribution is -0.148. The Bertz CT molecular complexity index is 602. The number of carbonyl (C=O) groups is 1. The number of hydrogen-bond donors (Lipinski definition) is 1. The summed E-state index contributed by atoms with van der Waals surface area (Å²) in [7, 11) is 0. The number of aromatic hydroxyl groups is 1. The predicted molar refractivity (Wildman–Crippen MR) is 78.9 cm³/mol. The molecule has 0 amide bonds. The highest BCUT2D eigenvalue weighted by Gasteiger charge is 2.33. The maximum Gasteiger partial charge on any atom is 0.317 e. The van der Waals surface area contributed by atoms with Crippen molar-refractivity contribution in [3.05, 3.63) is 35.3 Å². The molecule has 106 valence electrons. The van der Waals surface area contributed by atoms with Crippen LogP contribution in [0.15, 0.2) is 29.6 Å². The first-order chi connectivity index (χ1) is 9.45. The van der Waals surface area contributed by atoms with Crippen molar-refractivity contribution in [2.75, 3.05) is 6.61 Å². The topological polar surface area (TPSA) is 59.4 Å². The maximum absolute atomic E-state index is 12.0. The van der Waals surface area contributed by atoms with E-state index in [0.29, 0.717) is 12.3 Å². The molecule has 0 aliphatic heterocycles. The minimum atomic E-state index is -0.762. The maximum atomic E-state index is 12.0. The first-order valence-corrected chi connectivity index (χ1v) is 7.25. The second-order valence-corrected chi connectivity index (χ2v) is 5.79. The Hall–Kier alpha value is -1.88. The van der Waals surface area contributed by atoms with Gasteiger partial charge in [-0.3, -0.25) is 4.79 Å². The van der Waals surface area contributed by atoms with Crippen LogP contribution in [0.3, 0.4) is 0 Å². The van der Waals surface area contributed by atoms with E-state index < -0.39 is 5.41 Å². The molecule has 0 atom stereocenters. The number of thiazole rings is 1. The zero-order valence-corrected chi connectivity index (χ0v) is 12.5. The Kier molecular flexibility index (Phi) is 4.09. The number of phenols is 1. The Labute approximate surface area is 122 Å². The number of benzene rings is 1. The summed E-state index contributed by atoms with van der Waals surface area (Å²) in [5.41, 5.74) is 0.851. The summed E-state index contributed by atoms with van der Waals surface area (Å²) in [6, 6.07) is 6.84. The minimum Gasteiger partial charge on any atom is -0.508 e. The van der Waals surface area contributed by atoms with Crippen LogP contribution in [0.2, 0.25) is 0 Å². The number of esters is 1. The van der Waals surface area contributed by atoms with Crippen molar-refractivity contribution in [1.29, 1.82) is 0 Å². The summed E-state index contributed by atoms with van der Waals surface area (Å²) in [5, 5.41) is 12.0. The van der Waals surface area contributed by atoms with E-state index in [1.54, 1.807) is 45.0 Å². The smallest absolute Gasteiger partial charge is 0.317 e. The monoisotopic (exact) mass is 291 g/mol. The third-order valence-electron chi connectivity index (χ3n) is 3.04. The molecule has 1 aromatic carbocycles. The second-order valence-electron chi connectivity index (χ2n) is 4.93. The zero-order valence-electron chi connectivity index (χ0n) is 11.7. The lowest BCUT2D eigenvalue weighted by atomic mass is 9.90. The predicted octanol–water partition coefficient (Wildman–Crippen LogP) is 3.36. The largest absolute Gasteiger partial charge is 0.508 e. The lowest BCUT2D eigenvalue weighted by Crippen LogP contribution is -2.31. The van der Waals surface area contributed by atoms with Crippen LogP contribution >= 0.6 is 11.3 Å². The van der Waals surface area contributed by atoms with Gasteiger partial charge in [0.15, 0.2) is 0 Å². The first kappa shape index (κ1) is 14.5. The average molecular weight is 291 g/mol. The van der Waals surface area contributed by atoms with Crippen LogP contribution in [0.4, 0.5) is 0 Å². The molecule has 5 heteroatoms. The molecule has 2 rings (SSSR count). The number of hydrogen-bond acceptors (Lipinski definition) is 5. The van der Waals surface area contributed by atoms with Gasteiger partial charge in [-0.25, -0.2) is 4.98 Å². The molecule has 4 nitrogen and oxygen atoms in total. The van der Waals surface area contributed by atoms with Gasteiger partial charge in [0, 0.05) is 10.9 Å². The fourth-order valence-corrected chi connectivity index (χ4v) is 2.71. The number of carbonyl (C=O) groups excluding carboxylic acids is 1. The lowest BCUT2D eigenvalue weighted by Gasteiger charge is -2.19. The molecule has 0 aliphatic rings. The molecule has 1 N–H and O–H groups in total. The van der Waals surface area contributed by atoms with E-state index in [2.05, 4.69) is 4.98 Å². The molecule has 0 saturated heterocycles. The van der Waals surface area contributed by atoms with Gasteiger partial charge >= 0.3 is 5.97 Å². The molecule has 1 heterocycles. The molecule has 0 spiro atoms. The van der Waals surface area contributed by atoms with E-state index in [0.717, 1.165) is 10.6 Å². The zero-order chi connectivity index (χ0) is 14.8. The van der Waals surface area contributed by atoms with Gasteiger partial charge in [-0.15, -0.1) is 11.3 Å². The summed E-state index contributed by atoms with van der Waals surface area (Å²) in [6.45, 7) is 5.76. The minimum absolute atomic E-state index is 0.220. The summed E-state index contributed by atoms with van der Waals surface area (Å²) >= 11 is 1.47. The number of ether oxygens (including phenoxy) is 1. The molecule has 0 radical (unpaired) electrons. The van der Waals surface area contributed by atoms with E-state index in [-0.39, 0.29) is 11.7 Å². The first-order valence-electron chi connectivity index (χ1n) is 6.37. The average Bonchev–Trinajstić information content (AvgIpc) is 2.90. The normalized spacial score (nSPS) is 11.3. The molecule has 0 aliphatic carbocycles. The van der Waals surface area contributed by atoms with Crippen molar-refractivity contribution in [2.24, 2.45) is 0 Å². The van der Waals surface area contributed by atoms with Crippen LogP contribution in [0, 0.1) is 0 Å². The summed E-state index contributed by atoms with van der Waals surface area (Å²) in [6.07, 6.45) is 0. The third kappa shape index (κ3) is 2.82. The molecular formula is C15H17NO3S. The van der Waals surface area contributed by atoms with E-state index in [4.69, 9.17) is 4.74 Å². The van der Waals surface area contributed by atoms with Crippen molar-refractivity contribution in [3.8, 4) is 16.3 Å². The standard InChI is InChI=1S/C15H17NO3S/c1-4-19-14(18)15(2,3)12-9-20-13(16-12)10-5-7-11(17)8-6-10/h5-9,17H,4H2,1-3H3. The fourth-order valence-electron chi connectivity index (χ4n) is 1.71. The highest BCUT2D eigenvalue weighted by atomic mass is 32.1. The second kappa shape index (κ2) is 5.63. The van der Waals surface area contributed by atoms with Crippen LogP contribution in [-0.4, -0.2) is 22.7 Å². The summed E-state index contributed by atoms with van der Waals surface area (Å²) in [5.74, 6) is -0.0556. The molecule has 0 bridgehead atoms. The highest BCUT2D eigenvalue weighted by molar-refractivity contribution is 7.13. The summed E-state index contributed by atoms with van der Waals surface area (Å²) in [4.78, 5) is 16.5. The Morgan fingerprint density at radius 1 is 1.35 bits per heavy atom. The van der Waals surface area contributed by atoms with Crippen LogP contribution in [0.25, 0.3) is 10.6 Å². The molecule has 0 fully saturated rings. The SMILES string of the molecule is CCOC(=O)C(C)(C)c1csc(-c2ccc(O)cc2)n1. The molecule has 0 saturated carbocycles. The Morgan fingerprint density at radius 3 is 2.60 bits per heavy atom. The molecular weight excluding hydrogens is 274 g/mol. The van der Waals surface area contributed by atoms with Gasteiger partial charge in [-0.05, 0) is 45.0 Å². The van der Waals surface area contributed by atoms with Gasteiger partial charge in [0.2, 0.25) is 0 Å². The Morgan fingerprint density at radius 2 is 2.00 bits per heavy atom. The van der Waals surface area contributed by atoms with E-state index in [9.17, 15) is 9.90 Å². The number of nitrogens with zero attached hydrogens (tertiary/aromatic N) is 1. The molecule has 20 heavy (non-hydrogen) atoms. The van der Waals surface area contributed by atoms with Gasteiger partial charge in [-0.2, -0.15) is 0 Å². The highest BCUT2D eigenvalue weighted by Crippen LogP contribution is 2.31. The van der Waals surface area contributed by atoms with Crippen LogP contribution in [0.1, 0.15) is 26.5 Å². The van der Waals surface area contributed by atoms with Crippen molar-refractivity contribution in [3.63, 3.8) is 0 Å². The number of rotatable bonds is 4. The van der Waals surface area contributed by atoms with Crippen LogP contribution in [0.5, 0.6) is 5.75 Å². The van der Waals surface area contributed by atoms with Crippen LogP contribution in [-0.2, 0) is 14.9 Å². The van der Waals surface area contributed by atoms with E-state index in [1.807, 2.05) is 5.38 Å². The van der Waals surface area contributed by atoms with Gasteiger partial charge in [0.25, 0.3) is 0 Å². The van der Waals surface area contributed by atoms with Crippen molar-refractivity contribution in [2.45, 2.75) is 26.2 Å². The van der Waals surface area contributed by atoms with Gasteiger partial charge in [0.1, 0.15) is 16.2 Å². The molecule has 2 aromatic rings. The molecule has 0 unspecified atom stereocenters. The fraction of sp³-hybridized carbons (Fsp3) is 0.333. The van der Waals surface area contributed by atoms with Crippen molar-refractivity contribution >= 4 is 17.3 Å². The van der Waals surface area contributed by atoms with E-state index >= 15 is 0 Å². The quantitative estimate of drug-likeness (QED) is 0.878. The number of aromatic nitrogens is 1. The Balaban J connectivity index is 2.28. The summed E-state index contributed by atoms with van der Waals surface area (Å²) < 4.78 is 5.08. The molecule has 1 aromatic heterocycles. The van der Waals surface area contributed by atoms with Gasteiger partial charge < -0.3 is 9.84 Å². The number of phenolic OH excluding ortho intramolecular Hbond substituents is 1. The van der Waals surface area contributed by atoms with Crippen molar-refractivity contribution in [1.82, 2.24) is 4.98 Å². The van der Waals surface area contributed by atoms with E-state index in [1.165, 1.54) is 11.3 Å². The van der Waals surface area contributed by atoms with Crippen molar-refractivity contribution < 1.29 is 14.6 Å². The van der Waals surface area contributed by atoms with Crippen LogP contribution < -0.4 is 0 Å². The van der Waals surface area contributed by atoms with Gasteiger partial charge in [-0.1, -0.05) is 0 Å².